The molecular weight excluding hydrogens is 438 g/mol. The van der Waals surface area contributed by atoms with Gasteiger partial charge in [-0.3, -0.25) is 0 Å². The summed E-state index contributed by atoms with van der Waals surface area (Å²) in [5, 5.41) is 14.1. The third kappa shape index (κ3) is 4.92. The lowest BCUT2D eigenvalue weighted by atomic mass is 9.88. The Hall–Kier alpha value is -2.83. The number of likely N-dealkylation sites (tertiary alicyclic amines) is 1. The van der Waals surface area contributed by atoms with Gasteiger partial charge in [0.15, 0.2) is 0 Å². The van der Waals surface area contributed by atoms with E-state index in [1.165, 1.54) is 11.1 Å². The number of benzene rings is 2. The fourth-order valence-electron chi connectivity index (χ4n) is 4.48. The molecule has 1 atom stereocenters. The van der Waals surface area contributed by atoms with Gasteiger partial charge in [0.2, 0.25) is 5.82 Å². The van der Waals surface area contributed by atoms with Gasteiger partial charge < -0.3 is 19.3 Å². The molecular formula is C26H30ClN3O3. The van der Waals surface area contributed by atoms with E-state index in [0.29, 0.717) is 34.9 Å². The Morgan fingerprint density at radius 3 is 2.82 bits per heavy atom. The van der Waals surface area contributed by atoms with E-state index in [1.807, 2.05) is 38.1 Å². The van der Waals surface area contributed by atoms with E-state index >= 15 is 0 Å². The van der Waals surface area contributed by atoms with Crippen molar-refractivity contribution in [3.8, 4) is 28.6 Å². The minimum Gasteiger partial charge on any atom is -0.489 e. The molecule has 0 aliphatic carbocycles. The van der Waals surface area contributed by atoms with Crippen LogP contribution in [0.5, 0.6) is 5.75 Å². The summed E-state index contributed by atoms with van der Waals surface area (Å²) in [4.78, 5) is 6.85. The molecule has 1 fully saturated rings. The molecule has 7 heteroatoms. The molecule has 0 spiro atoms. The lowest BCUT2D eigenvalue weighted by molar-refractivity contribution is 0.238. The van der Waals surface area contributed by atoms with Crippen molar-refractivity contribution in [1.82, 2.24) is 15.0 Å². The van der Waals surface area contributed by atoms with E-state index in [0.717, 1.165) is 36.2 Å². The predicted octanol–water partition coefficient (Wildman–Crippen LogP) is 5.70. The van der Waals surface area contributed by atoms with E-state index < -0.39 is 0 Å². The molecule has 1 N–H and O–H groups in total. The Bertz CT molecular complexity index is 1140. The maximum absolute atomic E-state index is 9.34. The van der Waals surface area contributed by atoms with E-state index in [4.69, 9.17) is 20.9 Å². The lowest BCUT2D eigenvalue weighted by Crippen LogP contribution is -2.22. The molecule has 33 heavy (non-hydrogen) atoms. The summed E-state index contributed by atoms with van der Waals surface area (Å²) in [5.74, 6) is 1.94. The van der Waals surface area contributed by atoms with Crippen LogP contribution in [0.1, 0.15) is 44.2 Å². The van der Waals surface area contributed by atoms with E-state index in [1.54, 1.807) is 6.07 Å². The van der Waals surface area contributed by atoms with Gasteiger partial charge in [0.25, 0.3) is 5.89 Å². The second-order valence-electron chi connectivity index (χ2n) is 8.60. The highest BCUT2D eigenvalue weighted by molar-refractivity contribution is 6.32. The average Bonchev–Trinajstić information content (AvgIpc) is 3.42. The molecule has 1 saturated heterocycles. The van der Waals surface area contributed by atoms with Crippen LogP contribution < -0.4 is 4.74 Å². The van der Waals surface area contributed by atoms with Crippen LogP contribution in [0.15, 0.2) is 53.2 Å². The number of hydrogen-bond acceptors (Lipinski definition) is 6. The first-order chi connectivity index (χ1) is 15.9. The third-order valence-electron chi connectivity index (χ3n) is 5.95. The van der Waals surface area contributed by atoms with Crippen molar-refractivity contribution in [2.24, 2.45) is 0 Å². The summed E-state index contributed by atoms with van der Waals surface area (Å²) in [6.45, 7) is 11.9. The van der Waals surface area contributed by atoms with Gasteiger partial charge in [-0.2, -0.15) is 4.98 Å². The number of nitrogens with zero attached hydrogens (tertiary/aromatic N) is 3. The predicted molar refractivity (Wildman–Crippen MR) is 130 cm³/mol. The number of allylic oxidation sites excluding steroid dienone is 1. The summed E-state index contributed by atoms with van der Waals surface area (Å²) in [5.41, 5.74) is 5.29. The Morgan fingerprint density at radius 1 is 1.30 bits per heavy atom. The van der Waals surface area contributed by atoms with Crippen molar-refractivity contribution < 1.29 is 14.4 Å². The number of aromatic nitrogens is 2. The van der Waals surface area contributed by atoms with Crippen molar-refractivity contribution in [3.63, 3.8) is 0 Å². The summed E-state index contributed by atoms with van der Waals surface area (Å²) in [6, 6.07) is 11.7. The van der Waals surface area contributed by atoms with Gasteiger partial charge in [0.05, 0.1) is 17.7 Å². The minimum atomic E-state index is 0.0378. The zero-order chi connectivity index (χ0) is 23.5. The van der Waals surface area contributed by atoms with Crippen LogP contribution >= 0.6 is 11.6 Å². The second-order valence-corrected chi connectivity index (χ2v) is 9.01. The topological polar surface area (TPSA) is 71.6 Å². The SMILES string of the molecule is C=C1CC(c2cccc(-c3noc(-c4ccc(OC(C)C)c(Cl)c4)n3)c2CC)CN1CCO. The Balaban J connectivity index is 1.63. The molecule has 0 bridgehead atoms. The molecule has 6 nitrogen and oxygen atoms in total. The molecule has 2 aromatic carbocycles. The van der Waals surface area contributed by atoms with Gasteiger partial charge in [-0.15, -0.1) is 0 Å². The van der Waals surface area contributed by atoms with Crippen molar-refractivity contribution in [2.45, 2.75) is 45.6 Å². The second kappa shape index (κ2) is 9.98. The molecule has 0 saturated carbocycles. The number of β-amino-alcohol motifs (C(OH)–C–C–N with tert-alkyl or cyclic N) is 1. The molecule has 0 amide bonds. The molecule has 0 radical (unpaired) electrons. The quantitative estimate of drug-likeness (QED) is 0.458. The van der Waals surface area contributed by atoms with Crippen molar-refractivity contribution >= 4 is 11.6 Å². The highest BCUT2D eigenvalue weighted by Gasteiger charge is 2.28. The Kier molecular flexibility index (Phi) is 7.05. The van der Waals surface area contributed by atoms with Crippen LogP contribution in [-0.4, -0.2) is 45.9 Å². The number of aliphatic hydroxyl groups is 1. The highest BCUT2D eigenvalue weighted by atomic mass is 35.5. The number of aliphatic hydroxyl groups excluding tert-OH is 1. The molecule has 4 rings (SSSR count). The van der Waals surface area contributed by atoms with Crippen LogP contribution in [0.2, 0.25) is 5.02 Å². The van der Waals surface area contributed by atoms with Crippen molar-refractivity contribution in [3.05, 3.63) is 64.8 Å². The zero-order valence-electron chi connectivity index (χ0n) is 19.3. The molecule has 2 heterocycles. The maximum atomic E-state index is 9.34. The van der Waals surface area contributed by atoms with Crippen molar-refractivity contribution in [2.75, 3.05) is 19.7 Å². The highest BCUT2D eigenvalue weighted by Crippen LogP contribution is 2.38. The average molecular weight is 468 g/mol. The first kappa shape index (κ1) is 23.3. The largest absolute Gasteiger partial charge is 0.489 e. The van der Waals surface area contributed by atoms with E-state index in [2.05, 4.69) is 34.6 Å². The maximum Gasteiger partial charge on any atom is 0.258 e. The van der Waals surface area contributed by atoms with Gasteiger partial charge >= 0.3 is 0 Å². The molecule has 1 unspecified atom stereocenters. The molecule has 3 aromatic rings. The monoisotopic (exact) mass is 467 g/mol. The zero-order valence-corrected chi connectivity index (χ0v) is 20.1. The van der Waals surface area contributed by atoms with E-state index in [-0.39, 0.29) is 12.7 Å². The van der Waals surface area contributed by atoms with Crippen LogP contribution in [0.3, 0.4) is 0 Å². The minimum absolute atomic E-state index is 0.0378. The molecule has 1 aromatic heterocycles. The van der Waals surface area contributed by atoms with Gasteiger partial charge in [0, 0.05) is 35.8 Å². The van der Waals surface area contributed by atoms with Crippen molar-refractivity contribution in [1.29, 1.82) is 0 Å². The Labute approximate surface area is 199 Å². The molecule has 1 aliphatic rings. The number of halogens is 1. The number of rotatable bonds is 8. The molecule has 1 aliphatic heterocycles. The van der Waals surface area contributed by atoms with Crippen LogP contribution in [0.4, 0.5) is 0 Å². The third-order valence-corrected chi connectivity index (χ3v) is 6.25. The number of ether oxygens (including phenoxy) is 1. The standard InChI is InChI=1S/C26H30ClN3O3/c1-5-20-21(19-13-17(4)30(15-19)11-12-31)7-6-8-22(20)25-28-26(33-29-25)18-9-10-24(23(27)14-18)32-16(2)3/h6-10,14,16,19,31H,4-5,11-13,15H2,1-3H3. The lowest BCUT2D eigenvalue weighted by Gasteiger charge is -2.19. The van der Waals surface area contributed by atoms with Gasteiger partial charge in [-0.05, 0) is 56.0 Å². The fraction of sp³-hybridized carbons (Fsp3) is 0.385. The fourth-order valence-corrected chi connectivity index (χ4v) is 4.70. The van der Waals surface area contributed by atoms with Gasteiger partial charge in [0.1, 0.15) is 5.75 Å². The summed E-state index contributed by atoms with van der Waals surface area (Å²) < 4.78 is 11.3. The smallest absolute Gasteiger partial charge is 0.258 e. The molecule has 174 valence electrons. The number of hydrogen-bond donors (Lipinski definition) is 1. The van der Waals surface area contributed by atoms with Gasteiger partial charge in [-0.1, -0.05) is 48.5 Å². The normalized spacial score (nSPS) is 16.1. The van der Waals surface area contributed by atoms with E-state index in [9.17, 15) is 5.11 Å². The van der Waals surface area contributed by atoms with Crippen LogP contribution in [0.25, 0.3) is 22.8 Å². The van der Waals surface area contributed by atoms with Gasteiger partial charge in [-0.25, -0.2) is 0 Å². The Morgan fingerprint density at radius 2 is 2.12 bits per heavy atom. The summed E-state index contributed by atoms with van der Waals surface area (Å²) in [7, 11) is 0. The summed E-state index contributed by atoms with van der Waals surface area (Å²) >= 11 is 6.39. The van der Waals surface area contributed by atoms with Crippen LogP contribution in [0, 0.1) is 0 Å². The first-order valence-electron chi connectivity index (χ1n) is 11.4. The summed E-state index contributed by atoms with van der Waals surface area (Å²) in [6.07, 6.45) is 1.78. The first-order valence-corrected chi connectivity index (χ1v) is 11.7. The van der Waals surface area contributed by atoms with Crippen LogP contribution in [-0.2, 0) is 6.42 Å².